The summed E-state index contributed by atoms with van der Waals surface area (Å²) in [5.74, 6) is -1.86. The van der Waals surface area contributed by atoms with Gasteiger partial charge in [-0.15, -0.1) is 0 Å². The number of hydrogen-bond acceptors (Lipinski definition) is 8. The third kappa shape index (κ3) is 4.38. The van der Waals surface area contributed by atoms with Gasteiger partial charge in [0.2, 0.25) is 0 Å². The van der Waals surface area contributed by atoms with Crippen LogP contribution in [0.15, 0.2) is 36.4 Å². The lowest BCUT2D eigenvalue weighted by molar-refractivity contribution is -0.134. The van der Waals surface area contributed by atoms with E-state index in [1.165, 1.54) is 33.8 Å². The van der Waals surface area contributed by atoms with E-state index in [0.717, 1.165) is 0 Å². The second-order valence-electron chi connectivity index (χ2n) is 6.45. The zero-order chi connectivity index (χ0) is 22.0. The van der Waals surface area contributed by atoms with E-state index < -0.39 is 23.9 Å². The number of carbonyl (C=O) groups excluding carboxylic acids is 4. The fourth-order valence-corrected chi connectivity index (χ4v) is 3.10. The first-order chi connectivity index (χ1) is 14.2. The molecule has 8 nitrogen and oxygen atoms in total. The molecule has 0 N–H and O–H groups in total. The molecule has 0 radical (unpaired) electrons. The number of hydrogen-bond donors (Lipinski definition) is 0. The third-order valence-corrected chi connectivity index (χ3v) is 3.98. The molecule has 0 aliphatic heterocycles. The van der Waals surface area contributed by atoms with Crippen LogP contribution in [0.2, 0.25) is 0 Å². The van der Waals surface area contributed by atoms with E-state index in [1.807, 2.05) is 0 Å². The summed E-state index contributed by atoms with van der Waals surface area (Å²) >= 11 is 0. The van der Waals surface area contributed by atoms with Crippen LogP contribution in [-0.4, -0.2) is 23.9 Å². The Morgan fingerprint density at radius 2 is 1.17 bits per heavy atom. The molecule has 0 heterocycles. The van der Waals surface area contributed by atoms with E-state index in [9.17, 15) is 19.2 Å². The maximum Gasteiger partial charge on any atom is 0.308 e. The molecule has 3 aromatic rings. The van der Waals surface area contributed by atoms with Gasteiger partial charge in [0.25, 0.3) is 0 Å². The van der Waals surface area contributed by atoms with Gasteiger partial charge in [0.1, 0.15) is 11.5 Å². The Hall–Kier alpha value is -3.94. The van der Waals surface area contributed by atoms with Crippen LogP contribution in [0.3, 0.4) is 0 Å². The second-order valence-corrected chi connectivity index (χ2v) is 6.45. The van der Waals surface area contributed by atoms with Crippen molar-refractivity contribution in [1.29, 1.82) is 0 Å². The molecule has 30 heavy (non-hydrogen) atoms. The number of benzene rings is 3. The molecule has 0 amide bonds. The van der Waals surface area contributed by atoms with Crippen molar-refractivity contribution in [2.75, 3.05) is 0 Å². The Morgan fingerprint density at radius 1 is 0.600 bits per heavy atom. The Balaban J connectivity index is 2.38. The number of esters is 4. The molecular formula is C22H18O8. The molecule has 3 aromatic carbocycles. The zero-order valence-electron chi connectivity index (χ0n) is 16.7. The standard InChI is InChI=1S/C22H18O8/c1-11(23)27-16-6-8-17-15(9-16)5-7-18-21(17)19(28-12(2)24)10-20(29-13(3)25)22(18)30-14(4)26/h5-10H,1-4H3. The summed E-state index contributed by atoms with van der Waals surface area (Å²) in [7, 11) is 0. The van der Waals surface area contributed by atoms with Crippen molar-refractivity contribution in [3.05, 3.63) is 36.4 Å². The largest absolute Gasteiger partial charge is 0.427 e. The molecule has 0 aliphatic rings. The fraction of sp³-hybridized carbons (Fsp3) is 0.182. The van der Waals surface area contributed by atoms with Gasteiger partial charge >= 0.3 is 23.9 Å². The Kier molecular flexibility index (Phi) is 5.68. The highest BCUT2D eigenvalue weighted by atomic mass is 16.6. The van der Waals surface area contributed by atoms with Crippen molar-refractivity contribution in [1.82, 2.24) is 0 Å². The zero-order valence-corrected chi connectivity index (χ0v) is 16.7. The molecule has 0 aromatic heterocycles. The SMILES string of the molecule is CC(=O)Oc1ccc2c(ccc3c(OC(C)=O)c(OC(C)=O)cc(OC(C)=O)c32)c1. The summed E-state index contributed by atoms with van der Waals surface area (Å²) in [6.07, 6.45) is 0. The highest BCUT2D eigenvalue weighted by Gasteiger charge is 2.21. The fourth-order valence-electron chi connectivity index (χ4n) is 3.10. The van der Waals surface area contributed by atoms with E-state index in [4.69, 9.17) is 18.9 Å². The van der Waals surface area contributed by atoms with Gasteiger partial charge in [0, 0.05) is 44.5 Å². The van der Waals surface area contributed by atoms with Crippen LogP contribution >= 0.6 is 0 Å². The second kappa shape index (κ2) is 8.20. The van der Waals surface area contributed by atoms with Gasteiger partial charge in [-0.25, -0.2) is 0 Å². The summed E-state index contributed by atoms with van der Waals surface area (Å²) in [6, 6.07) is 9.60. The topological polar surface area (TPSA) is 105 Å². The predicted molar refractivity (Wildman–Crippen MR) is 107 cm³/mol. The first kappa shape index (κ1) is 20.8. The maximum absolute atomic E-state index is 11.7. The van der Waals surface area contributed by atoms with Crippen LogP contribution in [0.4, 0.5) is 0 Å². The Bertz CT molecular complexity index is 1210. The lowest BCUT2D eigenvalue weighted by Crippen LogP contribution is -2.09. The monoisotopic (exact) mass is 410 g/mol. The highest BCUT2D eigenvalue weighted by Crippen LogP contribution is 2.45. The molecule has 0 atom stereocenters. The van der Waals surface area contributed by atoms with Crippen LogP contribution in [0.5, 0.6) is 23.0 Å². The van der Waals surface area contributed by atoms with Crippen LogP contribution < -0.4 is 18.9 Å². The Labute approximate surface area is 171 Å². The minimum atomic E-state index is -0.636. The van der Waals surface area contributed by atoms with E-state index in [1.54, 1.807) is 30.3 Å². The summed E-state index contributed by atoms with van der Waals surface area (Å²) in [6.45, 7) is 4.95. The smallest absolute Gasteiger partial charge is 0.308 e. The number of rotatable bonds is 4. The number of fused-ring (bicyclic) bond motifs is 3. The van der Waals surface area contributed by atoms with E-state index in [-0.39, 0.29) is 17.2 Å². The van der Waals surface area contributed by atoms with Crippen molar-refractivity contribution >= 4 is 45.4 Å². The summed E-state index contributed by atoms with van der Waals surface area (Å²) in [4.78, 5) is 46.2. The van der Waals surface area contributed by atoms with E-state index in [0.29, 0.717) is 27.3 Å². The van der Waals surface area contributed by atoms with Gasteiger partial charge < -0.3 is 18.9 Å². The number of ether oxygens (including phenoxy) is 4. The van der Waals surface area contributed by atoms with Crippen LogP contribution in [-0.2, 0) is 19.2 Å². The van der Waals surface area contributed by atoms with Crippen molar-refractivity contribution in [3.8, 4) is 23.0 Å². The maximum atomic E-state index is 11.7. The van der Waals surface area contributed by atoms with Gasteiger partial charge in [0.05, 0.1) is 0 Å². The van der Waals surface area contributed by atoms with Gasteiger partial charge in [-0.1, -0.05) is 6.07 Å². The average molecular weight is 410 g/mol. The van der Waals surface area contributed by atoms with Gasteiger partial charge in [-0.05, 0) is 35.0 Å². The molecule has 154 valence electrons. The molecule has 0 saturated heterocycles. The molecule has 8 heteroatoms. The van der Waals surface area contributed by atoms with E-state index >= 15 is 0 Å². The van der Waals surface area contributed by atoms with Crippen molar-refractivity contribution in [2.24, 2.45) is 0 Å². The summed E-state index contributed by atoms with van der Waals surface area (Å²) in [5.41, 5.74) is 0. The normalized spacial score (nSPS) is 10.5. The van der Waals surface area contributed by atoms with Gasteiger partial charge in [-0.2, -0.15) is 0 Å². The summed E-state index contributed by atoms with van der Waals surface area (Å²) in [5, 5.41) is 2.18. The minimum absolute atomic E-state index is 0.0227. The number of carbonyl (C=O) groups is 4. The highest BCUT2D eigenvalue weighted by molar-refractivity contribution is 6.14. The first-order valence-electron chi connectivity index (χ1n) is 8.93. The van der Waals surface area contributed by atoms with Crippen LogP contribution in [0, 0.1) is 0 Å². The van der Waals surface area contributed by atoms with Crippen molar-refractivity contribution in [2.45, 2.75) is 27.7 Å². The molecule has 3 rings (SSSR count). The molecule has 0 unspecified atom stereocenters. The van der Waals surface area contributed by atoms with Crippen LogP contribution in [0.1, 0.15) is 27.7 Å². The van der Waals surface area contributed by atoms with Crippen molar-refractivity contribution in [3.63, 3.8) is 0 Å². The van der Waals surface area contributed by atoms with Gasteiger partial charge in [-0.3, -0.25) is 19.2 Å². The molecule has 0 saturated carbocycles. The average Bonchev–Trinajstić information content (AvgIpc) is 2.62. The first-order valence-corrected chi connectivity index (χ1v) is 8.93. The lowest BCUT2D eigenvalue weighted by Gasteiger charge is -2.16. The quantitative estimate of drug-likeness (QED) is 0.364. The van der Waals surface area contributed by atoms with Gasteiger partial charge in [0.15, 0.2) is 11.5 Å². The van der Waals surface area contributed by atoms with Crippen molar-refractivity contribution < 1.29 is 38.1 Å². The molecule has 0 bridgehead atoms. The molecule has 0 fully saturated rings. The lowest BCUT2D eigenvalue weighted by atomic mass is 9.99. The van der Waals surface area contributed by atoms with E-state index in [2.05, 4.69) is 0 Å². The molecular weight excluding hydrogens is 392 g/mol. The molecule has 0 aliphatic carbocycles. The van der Waals surface area contributed by atoms with Crippen LogP contribution in [0.25, 0.3) is 21.5 Å². The summed E-state index contributed by atoms with van der Waals surface area (Å²) < 4.78 is 21.0. The molecule has 0 spiro atoms. The predicted octanol–water partition coefficient (Wildman–Crippen LogP) is 3.69. The third-order valence-electron chi connectivity index (χ3n) is 3.98. The Morgan fingerprint density at radius 3 is 1.77 bits per heavy atom. The minimum Gasteiger partial charge on any atom is -0.427 e.